The van der Waals surface area contributed by atoms with Crippen LogP contribution < -0.4 is 4.74 Å². The van der Waals surface area contributed by atoms with Gasteiger partial charge in [-0.2, -0.15) is 0 Å². The largest absolute Gasteiger partial charge is 0.488 e. The van der Waals surface area contributed by atoms with Crippen molar-refractivity contribution in [1.29, 1.82) is 0 Å². The smallest absolute Gasteiger partial charge is 0.227 e. The molecule has 1 aromatic heterocycles. The van der Waals surface area contributed by atoms with E-state index >= 15 is 0 Å². The van der Waals surface area contributed by atoms with Crippen LogP contribution in [0.1, 0.15) is 18.4 Å². The van der Waals surface area contributed by atoms with E-state index in [1.54, 1.807) is 12.4 Å². The lowest BCUT2D eigenvalue weighted by atomic mass is 10.0. The number of aromatic nitrogens is 1. The first-order chi connectivity index (χ1) is 12.8. The van der Waals surface area contributed by atoms with Crippen molar-refractivity contribution in [2.45, 2.75) is 25.4 Å². The highest BCUT2D eigenvalue weighted by Crippen LogP contribution is 2.22. The van der Waals surface area contributed by atoms with Crippen molar-refractivity contribution in [2.24, 2.45) is 0 Å². The molecule has 1 aliphatic heterocycles. The highest BCUT2D eigenvalue weighted by molar-refractivity contribution is 5.90. The summed E-state index contributed by atoms with van der Waals surface area (Å²) in [6.07, 6.45) is 5.87. The zero-order valence-electron chi connectivity index (χ0n) is 14.7. The van der Waals surface area contributed by atoms with Gasteiger partial charge in [0.2, 0.25) is 5.91 Å². The number of rotatable bonds is 4. The summed E-state index contributed by atoms with van der Waals surface area (Å²) in [4.78, 5) is 18.8. The average molecular weight is 346 g/mol. The summed E-state index contributed by atoms with van der Waals surface area (Å²) >= 11 is 0. The van der Waals surface area contributed by atoms with Crippen molar-refractivity contribution < 1.29 is 9.53 Å². The van der Waals surface area contributed by atoms with Crippen LogP contribution >= 0.6 is 0 Å². The van der Waals surface area contributed by atoms with Crippen molar-refractivity contribution in [3.05, 3.63) is 72.6 Å². The molecule has 1 aliphatic rings. The van der Waals surface area contributed by atoms with E-state index in [9.17, 15) is 4.79 Å². The van der Waals surface area contributed by atoms with Crippen molar-refractivity contribution in [3.8, 4) is 5.75 Å². The molecule has 4 rings (SSSR count). The van der Waals surface area contributed by atoms with E-state index in [0.717, 1.165) is 36.1 Å². The number of ether oxygens (including phenoxy) is 1. The number of carbonyl (C=O) groups is 1. The maximum Gasteiger partial charge on any atom is 0.227 e. The maximum absolute atomic E-state index is 12.9. The second-order valence-corrected chi connectivity index (χ2v) is 6.72. The Hall–Kier alpha value is -2.88. The Labute approximate surface area is 153 Å². The summed E-state index contributed by atoms with van der Waals surface area (Å²) in [7, 11) is 0. The molecule has 0 spiro atoms. The van der Waals surface area contributed by atoms with Gasteiger partial charge in [0.15, 0.2) is 0 Å². The Balaban J connectivity index is 1.44. The number of carbonyl (C=O) groups excluding carboxylic acids is 1. The van der Waals surface area contributed by atoms with Gasteiger partial charge in [-0.1, -0.05) is 42.5 Å². The minimum absolute atomic E-state index is 0.0441. The van der Waals surface area contributed by atoms with Crippen LogP contribution in [0.3, 0.4) is 0 Å². The first kappa shape index (κ1) is 16.6. The van der Waals surface area contributed by atoms with Crippen LogP contribution in [0.4, 0.5) is 0 Å². The normalized spacial score (nSPS) is 17.2. The van der Waals surface area contributed by atoms with E-state index in [4.69, 9.17) is 4.74 Å². The molecule has 1 unspecified atom stereocenters. The molecule has 2 heterocycles. The Bertz CT molecular complexity index is 890. The van der Waals surface area contributed by atoms with Crippen LogP contribution in [-0.2, 0) is 11.2 Å². The van der Waals surface area contributed by atoms with Gasteiger partial charge >= 0.3 is 0 Å². The molecule has 0 radical (unpaired) electrons. The monoisotopic (exact) mass is 346 g/mol. The standard InChI is InChI=1S/C22H22N2O2/c25-22(15-18-7-3-6-17-5-1-2-9-21(17)18)24-14-4-8-20(16-24)26-19-10-12-23-13-11-19/h1-3,5-7,9-13,20H,4,8,14-16H2. The van der Waals surface area contributed by atoms with Gasteiger partial charge in [0.1, 0.15) is 11.9 Å². The number of pyridine rings is 1. The van der Waals surface area contributed by atoms with Crippen molar-refractivity contribution in [1.82, 2.24) is 9.88 Å². The number of amides is 1. The molecule has 3 aromatic rings. The fourth-order valence-electron chi connectivity index (χ4n) is 3.59. The molecule has 0 aliphatic carbocycles. The van der Waals surface area contributed by atoms with Crippen LogP contribution in [0.25, 0.3) is 10.8 Å². The van der Waals surface area contributed by atoms with Crippen molar-refractivity contribution in [2.75, 3.05) is 13.1 Å². The summed E-state index contributed by atoms with van der Waals surface area (Å²) < 4.78 is 6.02. The average Bonchev–Trinajstić information content (AvgIpc) is 2.69. The molecule has 2 aromatic carbocycles. The van der Waals surface area contributed by atoms with E-state index in [1.807, 2.05) is 35.2 Å². The van der Waals surface area contributed by atoms with E-state index in [-0.39, 0.29) is 12.0 Å². The van der Waals surface area contributed by atoms with E-state index in [2.05, 4.69) is 29.2 Å². The molecule has 1 fully saturated rings. The number of piperidine rings is 1. The minimum atomic E-state index is 0.0441. The zero-order valence-corrected chi connectivity index (χ0v) is 14.7. The highest BCUT2D eigenvalue weighted by Gasteiger charge is 2.25. The Kier molecular flexibility index (Phi) is 4.82. The molecular weight excluding hydrogens is 324 g/mol. The van der Waals surface area contributed by atoms with Crippen molar-refractivity contribution >= 4 is 16.7 Å². The fourth-order valence-corrected chi connectivity index (χ4v) is 3.59. The SMILES string of the molecule is O=C(Cc1cccc2ccccc12)N1CCCC(Oc2ccncc2)C1. The molecule has 4 heteroatoms. The number of likely N-dealkylation sites (tertiary alicyclic amines) is 1. The Morgan fingerprint density at radius 2 is 1.88 bits per heavy atom. The summed E-state index contributed by atoms with van der Waals surface area (Å²) in [5.74, 6) is 0.984. The number of fused-ring (bicyclic) bond motifs is 1. The number of hydrogen-bond donors (Lipinski definition) is 0. The third kappa shape index (κ3) is 3.69. The first-order valence-corrected chi connectivity index (χ1v) is 9.11. The molecule has 1 saturated heterocycles. The number of hydrogen-bond acceptors (Lipinski definition) is 3. The van der Waals surface area contributed by atoms with E-state index in [0.29, 0.717) is 13.0 Å². The van der Waals surface area contributed by atoms with E-state index in [1.165, 1.54) is 5.39 Å². The third-order valence-electron chi connectivity index (χ3n) is 4.90. The molecule has 1 amide bonds. The lowest BCUT2D eigenvalue weighted by Crippen LogP contribution is -2.45. The van der Waals surface area contributed by atoms with Crippen LogP contribution in [-0.4, -0.2) is 35.0 Å². The molecule has 132 valence electrons. The van der Waals surface area contributed by atoms with Crippen LogP contribution in [0.15, 0.2) is 67.0 Å². The molecule has 26 heavy (non-hydrogen) atoms. The zero-order chi connectivity index (χ0) is 17.8. The molecule has 4 nitrogen and oxygen atoms in total. The van der Waals surface area contributed by atoms with Crippen LogP contribution in [0.5, 0.6) is 5.75 Å². The predicted octanol–water partition coefficient (Wildman–Crippen LogP) is 3.85. The Morgan fingerprint density at radius 3 is 2.77 bits per heavy atom. The van der Waals surface area contributed by atoms with Crippen molar-refractivity contribution in [3.63, 3.8) is 0 Å². The number of nitrogens with zero attached hydrogens (tertiary/aromatic N) is 2. The molecule has 0 bridgehead atoms. The lowest BCUT2D eigenvalue weighted by Gasteiger charge is -2.33. The quantitative estimate of drug-likeness (QED) is 0.721. The topological polar surface area (TPSA) is 42.4 Å². The first-order valence-electron chi connectivity index (χ1n) is 9.11. The minimum Gasteiger partial charge on any atom is -0.488 e. The van der Waals surface area contributed by atoms with Gasteiger partial charge < -0.3 is 9.64 Å². The molecule has 0 saturated carbocycles. The highest BCUT2D eigenvalue weighted by atomic mass is 16.5. The van der Waals surface area contributed by atoms with Gasteiger partial charge in [-0.3, -0.25) is 9.78 Å². The van der Waals surface area contributed by atoms with Crippen LogP contribution in [0.2, 0.25) is 0 Å². The molecule has 1 atom stereocenters. The second kappa shape index (κ2) is 7.56. The summed E-state index contributed by atoms with van der Waals surface area (Å²) in [6.45, 7) is 1.45. The molecular formula is C22H22N2O2. The van der Waals surface area contributed by atoms with Gasteiger partial charge in [0.05, 0.1) is 13.0 Å². The fraction of sp³-hybridized carbons (Fsp3) is 0.273. The van der Waals surface area contributed by atoms with Gasteiger partial charge in [-0.25, -0.2) is 0 Å². The Morgan fingerprint density at radius 1 is 1.08 bits per heavy atom. The van der Waals surface area contributed by atoms with Gasteiger partial charge in [0, 0.05) is 18.9 Å². The summed E-state index contributed by atoms with van der Waals surface area (Å²) in [6, 6.07) is 18.1. The third-order valence-corrected chi connectivity index (χ3v) is 4.90. The lowest BCUT2D eigenvalue weighted by molar-refractivity contribution is -0.133. The maximum atomic E-state index is 12.9. The molecule has 0 N–H and O–H groups in total. The summed E-state index contributed by atoms with van der Waals surface area (Å²) in [5.41, 5.74) is 1.09. The summed E-state index contributed by atoms with van der Waals surface area (Å²) in [5, 5.41) is 2.33. The van der Waals surface area contributed by atoms with Gasteiger partial charge in [-0.15, -0.1) is 0 Å². The second-order valence-electron chi connectivity index (χ2n) is 6.72. The van der Waals surface area contributed by atoms with E-state index < -0.39 is 0 Å². The predicted molar refractivity (Wildman–Crippen MR) is 102 cm³/mol. The van der Waals surface area contributed by atoms with Gasteiger partial charge in [-0.05, 0) is 41.3 Å². The van der Waals surface area contributed by atoms with Crippen LogP contribution in [0, 0.1) is 0 Å². The van der Waals surface area contributed by atoms with Gasteiger partial charge in [0.25, 0.3) is 0 Å². The number of benzene rings is 2.